The molecular formula is C18H17Cl2NO3S. The van der Waals surface area contributed by atoms with Gasteiger partial charge in [-0.3, -0.25) is 4.79 Å². The lowest BCUT2D eigenvalue weighted by Crippen LogP contribution is -2.32. The second-order valence-electron chi connectivity index (χ2n) is 5.13. The molecule has 0 radical (unpaired) electrons. The number of benzene rings is 2. The van der Waals surface area contributed by atoms with Gasteiger partial charge in [0.05, 0.1) is 17.7 Å². The van der Waals surface area contributed by atoms with Crippen molar-refractivity contribution in [2.24, 2.45) is 0 Å². The molecule has 0 aliphatic carbocycles. The van der Waals surface area contributed by atoms with E-state index in [-0.39, 0.29) is 12.5 Å². The number of hydrogen-bond donors (Lipinski definition) is 3. The molecule has 1 unspecified atom stereocenters. The van der Waals surface area contributed by atoms with Gasteiger partial charge in [-0.15, -0.1) is 0 Å². The Morgan fingerprint density at radius 2 is 1.96 bits per heavy atom. The number of hydrogen-bond acceptors (Lipinski definition) is 4. The van der Waals surface area contributed by atoms with E-state index in [1.165, 1.54) is 17.8 Å². The third kappa shape index (κ3) is 6.38. The van der Waals surface area contributed by atoms with Crippen molar-refractivity contribution in [3.63, 3.8) is 0 Å². The molecule has 0 aliphatic rings. The molecule has 0 heterocycles. The highest BCUT2D eigenvalue weighted by Gasteiger charge is 2.07. The third-order valence-electron chi connectivity index (χ3n) is 3.17. The van der Waals surface area contributed by atoms with Gasteiger partial charge in [0.25, 0.3) is 0 Å². The van der Waals surface area contributed by atoms with Gasteiger partial charge in [0.1, 0.15) is 0 Å². The van der Waals surface area contributed by atoms with Crippen LogP contribution in [0.4, 0.5) is 0 Å². The summed E-state index contributed by atoms with van der Waals surface area (Å²) in [4.78, 5) is 13.6. The monoisotopic (exact) mass is 397 g/mol. The van der Waals surface area contributed by atoms with E-state index in [2.05, 4.69) is 5.32 Å². The molecule has 0 spiro atoms. The maximum atomic E-state index is 11.8. The highest BCUT2D eigenvalue weighted by molar-refractivity contribution is 7.99. The van der Waals surface area contributed by atoms with Gasteiger partial charge in [0.15, 0.2) is 0 Å². The minimum absolute atomic E-state index is 0.00352. The fourth-order valence-electron chi connectivity index (χ4n) is 1.89. The Bertz CT molecular complexity index is 768. The number of amides is 1. The summed E-state index contributed by atoms with van der Waals surface area (Å²) in [5, 5.41) is 21.6. The molecule has 0 saturated heterocycles. The first-order valence-electron chi connectivity index (χ1n) is 7.46. The summed E-state index contributed by atoms with van der Waals surface area (Å²) in [6.45, 7) is -0.401. The molecule has 25 heavy (non-hydrogen) atoms. The number of rotatable bonds is 7. The lowest BCUT2D eigenvalue weighted by molar-refractivity contribution is -0.117. The van der Waals surface area contributed by atoms with Crippen LogP contribution in [-0.4, -0.2) is 35.4 Å². The molecule has 0 fully saturated rings. The minimum atomic E-state index is -0.966. The molecule has 2 aromatic carbocycles. The molecule has 2 rings (SSSR count). The SMILES string of the molecule is O=C(/C=C/c1ccccc1Sc1ccc(Cl)cc1Cl)NCC(O)CO. The molecule has 0 saturated carbocycles. The lowest BCUT2D eigenvalue weighted by Gasteiger charge is -2.08. The van der Waals surface area contributed by atoms with Crippen LogP contribution >= 0.6 is 35.0 Å². The molecule has 2 aromatic rings. The fraction of sp³-hybridized carbons (Fsp3) is 0.167. The summed E-state index contributed by atoms with van der Waals surface area (Å²) >= 11 is 13.6. The molecule has 1 amide bonds. The second-order valence-corrected chi connectivity index (χ2v) is 7.06. The summed E-state index contributed by atoms with van der Waals surface area (Å²) in [5.41, 5.74) is 0.858. The first-order valence-corrected chi connectivity index (χ1v) is 9.03. The maximum Gasteiger partial charge on any atom is 0.244 e. The number of halogens is 2. The van der Waals surface area contributed by atoms with Gasteiger partial charge in [0.2, 0.25) is 5.91 Å². The van der Waals surface area contributed by atoms with Crippen molar-refractivity contribution in [3.05, 3.63) is 64.1 Å². The number of aliphatic hydroxyl groups excluding tert-OH is 2. The van der Waals surface area contributed by atoms with E-state index in [0.29, 0.717) is 10.0 Å². The van der Waals surface area contributed by atoms with E-state index in [1.54, 1.807) is 18.2 Å². The van der Waals surface area contributed by atoms with Crippen LogP contribution in [0.1, 0.15) is 5.56 Å². The molecule has 4 nitrogen and oxygen atoms in total. The molecular weight excluding hydrogens is 381 g/mol. The van der Waals surface area contributed by atoms with E-state index in [9.17, 15) is 9.90 Å². The van der Waals surface area contributed by atoms with Crippen molar-refractivity contribution in [2.75, 3.05) is 13.2 Å². The first-order chi connectivity index (χ1) is 12.0. The standard InChI is InChI=1S/C18H17Cl2NO3S/c19-13-6-7-17(15(20)9-13)25-16-4-2-1-3-12(16)5-8-18(24)21-10-14(23)11-22/h1-9,14,22-23H,10-11H2,(H,21,24)/b8-5+. The van der Waals surface area contributed by atoms with Crippen molar-refractivity contribution in [1.82, 2.24) is 5.32 Å². The minimum Gasteiger partial charge on any atom is -0.394 e. The van der Waals surface area contributed by atoms with Crippen molar-refractivity contribution in [1.29, 1.82) is 0 Å². The van der Waals surface area contributed by atoms with Crippen LogP contribution in [0.5, 0.6) is 0 Å². The highest BCUT2D eigenvalue weighted by Crippen LogP contribution is 2.36. The second kappa shape index (κ2) is 9.85. The molecule has 0 bridgehead atoms. The Balaban J connectivity index is 2.09. The Labute approximate surface area is 160 Å². The van der Waals surface area contributed by atoms with E-state index in [4.69, 9.17) is 28.3 Å². The predicted octanol–water partition coefficient (Wildman–Crippen LogP) is 3.63. The van der Waals surface area contributed by atoms with Gasteiger partial charge < -0.3 is 15.5 Å². The smallest absolute Gasteiger partial charge is 0.244 e. The Hall–Kier alpha value is -1.50. The van der Waals surface area contributed by atoms with Gasteiger partial charge in [-0.2, -0.15) is 0 Å². The van der Waals surface area contributed by atoms with Crippen molar-refractivity contribution in [2.45, 2.75) is 15.9 Å². The number of aliphatic hydroxyl groups is 2. The molecule has 1 atom stereocenters. The predicted molar refractivity (Wildman–Crippen MR) is 102 cm³/mol. The average Bonchev–Trinajstić information content (AvgIpc) is 2.61. The van der Waals surface area contributed by atoms with E-state index < -0.39 is 12.7 Å². The number of carbonyl (C=O) groups excluding carboxylic acids is 1. The topological polar surface area (TPSA) is 69.6 Å². The average molecular weight is 398 g/mol. The summed E-state index contributed by atoms with van der Waals surface area (Å²) in [7, 11) is 0. The Morgan fingerprint density at radius 3 is 2.68 bits per heavy atom. The molecule has 3 N–H and O–H groups in total. The fourth-order valence-corrected chi connectivity index (χ4v) is 3.35. The van der Waals surface area contributed by atoms with Crippen LogP contribution in [0, 0.1) is 0 Å². The largest absolute Gasteiger partial charge is 0.394 e. The third-order valence-corrected chi connectivity index (χ3v) is 5.00. The van der Waals surface area contributed by atoms with Gasteiger partial charge in [-0.1, -0.05) is 53.2 Å². The Morgan fingerprint density at radius 1 is 1.20 bits per heavy atom. The van der Waals surface area contributed by atoms with Gasteiger partial charge in [0, 0.05) is 27.4 Å². The van der Waals surface area contributed by atoms with Crippen LogP contribution in [0.2, 0.25) is 10.0 Å². The number of nitrogens with one attached hydrogen (secondary N) is 1. The van der Waals surface area contributed by atoms with Gasteiger partial charge in [-0.25, -0.2) is 0 Å². The van der Waals surface area contributed by atoms with Crippen molar-refractivity contribution in [3.8, 4) is 0 Å². The summed E-state index contributed by atoms with van der Waals surface area (Å²) in [5.74, 6) is -0.350. The van der Waals surface area contributed by atoms with Crippen LogP contribution in [0.15, 0.2) is 58.3 Å². The highest BCUT2D eigenvalue weighted by atomic mass is 35.5. The van der Waals surface area contributed by atoms with Gasteiger partial charge in [-0.05, 0) is 35.9 Å². The quantitative estimate of drug-likeness (QED) is 0.623. The lowest BCUT2D eigenvalue weighted by atomic mass is 10.2. The van der Waals surface area contributed by atoms with E-state index in [1.807, 2.05) is 30.3 Å². The Kier molecular flexibility index (Phi) is 7.81. The van der Waals surface area contributed by atoms with Crippen LogP contribution in [0.25, 0.3) is 6.08 Å². The molecule has 0 aromatic heterocycles. The van der Waals surface area contributed by atoms with Crippen molar-refractivity contribution < 1.29 is 15.0 Å². The van der Waals surface area contributed by atoms with Crippen LogP contribution in [0.3, 0.4) is 0 Å². The molecule has 132 valence electrons. The summed E-state index contributed by atoms with van der Waals surface area (Å²) in [6, 6.07) is 12.9. The summed E-state index contributed by atoms with van der Waals surface area (Å²) in [6.07, 6.45) is 2.10. The number of carbonyl (C=O) groups is 1. The van der Waals surface area contributed by atoms with E-state index in [0.717, 1.165) is 15.4 Å². The zero-order chi connectivity index (χ0) is 18.2. The summed E-state index contributed by atoms with van der Waals surface area (Å²) < 4.78 is 0. The van der Waals surface area contributed by atoms with Crippen LogP contribution < -0.4 is 5.32 Å². The zero-order valence-corrected chi connectivity index (χ0v) is 15.5. The van der Waals surface area contributed by atoms with E-state index >= 15 is 0 Å². The van der Waals surface area contributed by atoms with Crippen molar-refractivity contribution >= 4 is 46.9 Å². The molecule has 7 heteroatoms. The van der Waals surface area contributed by atoms with Gasteiger partial charge >= 0.3 is 0 Å². The first kappa shape index (κ1) is 19.8. The molecule has 0 aliphatic heterocycles. The van der Waals surface area contributed by atoms with Crippen LogP contribution in [-0.2, 0) is 4.79 Å². The zero-order valence-electron chi connectivity index (χ0n) is 13.2. The maximum absolute atomic E-state index is 11.8. The normalized spacial score (nSPS) is 12.3.